The van der Waals surface area contributed by atoms with Crippen molar-refractivity contribution in [3.05, 3.63) is 28.8 Å². The van der Waals surface area contributed by atoms with E-state index >= 15 is 0 Å². The van der Waals surface area contributed by atoms with Gasteiger partial charge in [0.2, 0.25) is 0 Å². The van der Waals surface area contributed by atoms with Gasteiger partial charge < -0.3 is 4.90 Å². The van der Waals surface area contributed by atoms with Gasteiger partial charge >= 0.3 is 6.03 Å². The van der Waals surface area contributed by atoms with Crippen molar-refractivity contribution in [1.29, 1.82) is 0 Å². The van der Waals surface area contributed by atoms with Crippen LogP contribution in [0.3, 0.4) is 0 Å². The zero-order chi connectivity index (χ0) is 14.4. The van der Waals surface area contributed by atoms with E-state index < -0.39 is 0 Å². The second kappa shape index (κ2) is 4.77. The number of benzene rings is 1. The maximum atomic E-state index is 12.6. The highest BCUT2D eigenvalue weighted by molar-refractivity contribution is 6.31. The van der Waals surface area contributed by atoms with Crippen LogP contribution in [-0.2, 0) is 4.79 Å². The summed E-state index contributed by atoms with van der Waals surface area (Å²) in [6, 6.07) is 4.98. The number of aryl methyl sites for hydroxylation is 1. The Morgan fingerprint density at radius 1 is 1.30 bits per heavy atom. The zero-order valence-electron chi connectivity index (χ0n) is 11.6. The van der Waals surface area contributed by atoms with Gasteiger partial charge in [-0.25, -0.2) is 9.69 Å². The van der Waals surface area contributed by atoms with Crippen LogP contribution in [0.5, 0.6) is 0 Å². The molecule has 2 aliphatic rings. The molecule has 2 fully saturated rings. The third-order valence-electron chi connectivity index (χ3n) is 3.98. The van der Waals surface area contributed by atoms with E-state index in [2.05, 4.69) is 0 Å². The number of anilines is 1. The van der Waals surface area contributed by atoms with Crippen molar-refractivity contribution in [2.45, 2.75) is 45.2 Å². The van der Waals surface area contributed by atoms with Crippen LogP contribution in [0, 0.1) is 6.92 Å². The molecule has 1 saturated heterocycles. The summed E-state index contributed by atoms with van der Waals surface area (Å²) in [6.45, 7) is 3.81. The summed E-state index contributed by atoms with van der Waals surface area (Å²) >= 11 is 5.94. The van der Waals surface area contributed by atoms with Crippen molar-refractivity contribution in [3.63, 3.8) is 0 Å². The van der Waals surface area contributed by atoms with Crippen LogP contribution in [-0.4, -0.2) is 28.9 Å². The van der Waals surface area contributed by atoms with Crippen LogP contribution < -0.4 is 4.90 Å². The number of carbonyl (C=O) groups excluding carboxylic acids is 2. The van der Waals surface area contributed by atoms with Gasteiger partial charge in [0.25, 0.3) is 5.91 Å². The Morgan fingerprint density at radius 2 is 2.00 bits per heavy atom. The highest BCUT2D eigenvalue weighted by Crippen LogP contribution is 2.37. The van der Waals surface area contributed by atoms with Gasteiger partial charge in [-0.15, -0.1) is 0 Å². The second-order valence-corrected chi connectivity index (χ2v) is 5.89. The lowest BCUT2D eigenvalue weighted by atomic mass is 10.1. The molecule has 3 rings (SSSR count). The quantitative estimate of drug-likeness (QED) is 0.802. The minimum absolute atomic E-state index is 0.116. The highest BCUT2D eigenvalue weighted by atomic mass is 35.5. The Hall–Kier alpha value is -1.55. The summed E-state index contributed by atoms with van der Waals surface area (Å²) in [5, 5.41) is 0.608. The van der Waals surface area contributed by atoms with Crippen molar-refractivity contribution < 1.29 is 9.59 Å². The lowest BCUT2D eigenvalue weighted by molar-refractivity contribution is -0.119. The fraction of sp³-hybridized carbons (Fsp3) is 0.467. The van der Waals surface area contributed by atoms with Gasteiger partial charge in [-0.1, -0.05) is 18.5 Å². The molecule has 1 aromatic rings. The smallest absolute Gasteiger partial charge is 0.309 e. The molecule has 3 amide bonds. The maximum absolute atomic E-state index is 12.6. The number of imide groups is 1. The van der Waals surface area contributed by atoms with Crippen LogP contribution >= 0.6 is 11.6 Å². The fourth-order valence-corrected chi connectivity index (χ4v) is 3.06. The third-order valence-corrected chi connectivity index (χ3v) is 4.22. The normalized spacial score (nSPS) is 22.9. The molecule has 1 saturated carbocycles. The Kier molecular flexibility index (Phi) is 3.21. The monoisotopic (exact) mass is 292 g/mol. The van der Waals surface area contributed by atoms with Crippen LogP contribution in [0.1, 0.15) is 31.7 Å². The Labute approximate surface area is 123 Å². The van der Waals surface area contributed by atoms with Gasteiger partial charge in [0.15, 0.2) is 0 Å². The summed E-state index contributed by atoms with van der Waals surface area (Å²) in [6.07, 6.45) is 2.66. The lowest BCUT2D eigenvalue weighted by Crippen LogP contribution is -2.36. The van der Waals surface area contributed by atoms with Crippen molar-refractivity contribution in [1.82, 2.24) is 4.90 Å². The van der Waals surface area contributed by atoms with E-state index in [0.29, 0.717) is 17.1 Å². The van der Waals surface area contributed by atoms with Gasteiger partial charge in [-0.05, 0) is 49.9 Å². The molecule has 1 unspecified atom stereocenters. The minimum atomic E-state index is -0.315. The molecule has 1 heterocycles. The van der Waals surface area contributed by atoms with Gasteiger partial charge in [-0.3, -0.25) is 4.79 Å². The lowest BCUT2D eigenvalue weighted by Gasteiger charge is -2.20. The molecule has 1 aliphatic heterocycles. The Bertz CT molecular complexity index is 583. The van der Waals surface area contributed by atoms with Crippen molar-refractivity contribution in [2.24, 2.45) is 0 Å². The molecule has 5 heteroatoms. The molecule has 0 spiro atoms. The largest absolute Gasteiger partial charge is 0.332 e. The summed E-state index contributed by atoms with van der Waals surface area (Å²) in [5.41, 5.74) is 1.48. The van der Waals surface area contributed by atoms with E-state index in [1.807, 2.05) is 13.8 Å². The first-order chi connectivity index (χ1) is 9.54. The molecule has 0 aromatic heterocycles. The van der Waals surface area contributed by atoms with E-state index in [9.17, 15) is 9.59 Å². The highest BCUT2D eigenvalue weighted by Gasteiger charge is 2.50. The summed E-state index contributed by atoms with van der Waals surface area (Å²) in [5.74, 6) is -0.116. The first-order valence-corrected chi connectivity index (χ1v) is 7.34. The van der Waals surface area contributed by atoms with Gasteiger partial charge in [-0.2, -0.15) is 0 Å². The van der Waals surface area contributed by atoms with Crippen LogP contribution in [0.2, 0.25) is 5.02 Å². The molecule has 4 nitrogen and oxygen atoms in total. The number of halogens is 1. The predicted octanol–water partition coefficient (Wildman–Crippen LogP) is 3.36. The van der Waals surface area contributed by atoms with Crippen molar-refractivity contribution >= 4 is 29.2 Å². The minimum Gasteiger partial charge on any atom is -0.309 e. The number of hydrogen-bond donors (Lipinski definition) is 0. The number of hydrogen-bond acceptors (Lipinski definition) is 2. The Balaban J connectivity index is 2.00. The topological polar surface area (TPSA) is 40.6 Å². The molecule has 1 atom stereocenters. The molecular weight excluding hydrogens is 276 g/mol. The molecular formula is C15H17ClN2O2. The molecule has 20 heavy (non-hydrogen) atoms. The fourth-order valence-electron chi connectivity index (χ4n) is 2.84. The third kappa shape index (κ3) is 1.99. The van der Waals surface area contributed by atoms with E-state index in [1.165, 1.54) is 4.90 Å². The second-order valence-electron chi connectivity index (χ2n) is 5.45. The van der Waals surface area contributed by atoms with Crippen LogP contribution in [0.15, 0.2) is 18.2 Å². The Morgan fingerprint density at radius 3 is 2.55 bits per heavy atom. The van der Waals surface area contributed by atoms with Crippen molar-refractivity contribution in [2.75, 3.05) is 4.90 Å². The molecule has 1 aliphatic carbocycles. The number of amides is 3. The van der Waals surface area contributed by atoms with Gasteiger partial charge in [0.1, 0.15) is 6.04 Å². The zero-order valence-corrected chi connectivity index (χ0v) is 12.4. The molecule has 1 aromatic carbocycles. The van der Waals surface area contributed by atoms with Crippen LogP contribution in [0.25, 0.3) is 0 Å². The van der Waals surface area contributed by atoms with Gasteiger partial charge in [0.05, 0.1) is 5.69 Å². The summed E-state index contributed by atoms with van der Waals surface area (Å²) < 4.78 is 0. The average Bonchev–Trinajstić information content (AvgIpc) is 3.18. The van der Waals surface area contributed by atoms with E-state index in [4.69, 9.17) is 11.6 Å². The molecule has 106 valence electrons. The molecule has 0 bridgehead atoms. The molecule has 0 N–H and O–H groups in total. The molecule has 0 radical (unpaired) electrons. The first kappa shape index (κ1) is 13.4. The number of nitrogens with zero attached hydrogens (tertiary/aromatic N) is 2. The summed E-state index contributed by atoms with van der Waals surface area (Å²) in [4.78, 5) is 28.2. The number of carbonyl (C=O) groups is 2. The van der Waals surface area contributed by atoms with Crippen LogP contribution in [0.4, 0.5) is 10.5 Å². The standard InChI is InChI=1S/C15H17ClN2O2/c1-3-12-14(19)18(15(20)17(12)11-5-6-11)13-7-4-10(16)8-9(13)2/h4,7-8,11-12H,3,5-6H2,1-2H3. The average molecular weight is 293 g/mol. The predicted molar refractivity (Wildman–Crippen MR) is 78.0 cm³/mol. The first-order valence-electron chi connectivity index (χ1n) is 6.97. The number of rotatable bonds is 3. The number of urea groups is 1. The van der Waals surface area contributed by atoms with Gasteiger partial charge in [0, 0.05) is 11.1 Å². The van der Waals surface area contributed by atoms with Crippen molar-refractivity contribution in [3.8, 4) is 0 Å². The van der Waals surface area contributed by atoms with E-state index in [0.717, 1.165) is 18.4 Å². The maximum Gasteiger partial charge on any atom is 0.332 e. The van der Waals surface area contributed by atoms with E-state index in [-0.39, 0.29) is 24.0 Å². The van der Waals surface area contributed by atoms with E-state index in [1.54, 1.807) is 23.1 Å². The summed E-state index contributed by atoms with van der Waals surface area (Å²) in [7, 11) is 0. The SMILES string of the molecule is CCC1C(=O)N(c2ccc(Cl)cc2C)C(=O)N1C1CC1.